The summed E-state index contributed by atoms with van der Waals surface area (Å²) in [6, 6.07) is 45.4. The minimum absolute atomic E-state index is 0.116. The Bertz CT molecular complexity index is 1770. The summed E-state index contributed by atoms with van der Waals surface area (Å²) in [7, 11) is 3.15. The monoisotopic (exact) mass is 704 g/mol. The van der Waals surface area contributed by atoms with E-state index in [1.54, 1.807) is 14.2 Å². The molecule has 0 amide bonds. The van der Waals surface area contributed by atoms with Crippen LogP contribution in [0.2, 0.25) is 0 Å². The van der Waals surface area contributed by atoms with E-state index < -0.39 is 36.5 Å². The molecule has 5 atom stereocenters. The van der Waals surface area contributed by atoms with E-state index in [4.69, 9.17) is 33.2 Å². The number of benzene rings is 5. The van der Waals surface area contributed by atoms with Gasteiger partial charge in [0.05, 0.1) is 33.0 Å². The Morgan fingerprint density at radius 2 is 1.06 bits per heavy atom. The van der Waals surface area contributed by atoms with Crippen LogP contribution in [0.5, 0.6) is 0 Å². The number of aryl methyl sites for hydroxylation is 1. The molecule has 6 rings (SSSR count). The van der Waals surface area contributed by atoms with Crippen molar-refractivity contribution in [1.29, 1.82) is 0 Å². The number of ether oxygens (including phenoxy) is 7. The average Bonchev–Trinajstić information content (AvgIpc) is 3.19. The molecule has 8 heteroatoms. The van der Waals surface area contributed by atoms with Crippen LogP contribution in [-0.4, -0.2) is 50.3 Å². The van der Waals surface area contributed by atoms with E-state index >= 15 is 0 Å². The minimum atomic E-state index is -2.00. The second-order valence-corrected chi connectivity index (χ2v) is 13.0. The highest BCUT2D eigenvalue weighted by Crippen LogP contribution is 2.43. The van der Waals surface area contributed by atoms with Crippen molar-refractivity contribution in [2.24, 2.45) is 0 Å². The summed E-state index contributed by atoms with van der Waals surface area (Å²) in [6.45, 7) is 3.14. The molecule has 0 bridgehead atoms. The maximum atomic E-state index is 13.2. The van der Waals surface area contributed by atoms with Gasteiger partial charge in [-0.25, -0.2) is 0 Å². The summed E-state index contributed by atoms with van der Waals surface area (Å²) < 4.78 is 44.8. The van der Waals surface area contributed by atoms with Crippen molar-refractivity contribution in [2.75, 3.05) is 20.8 Å². The quantitative estimate of drug-likeness (QED) is 0.0983. The Morgan fingerprint density at radius 1 is 0.596 bits per heavy atom. The molecule has 1 saturated heterocycles. The second-order valence-electron chi connectivity index (χ2n) is 13.0. The lowest BCUT2D eigenvalue weighted by Gasteiger charge is -2.51. The fourth-order valence-corrected chi connectivity index (χ4v) is 6.61. The Balaban J connectivity index is 1.43. The van der Waals surface area contributed by atoms with Crippen LogP contribution in [0.3, 0.4) is 0 Å². The predicted octanol–water partition coefficient (Wildman–Crippen LogP) is 7.80. The highest BCUT2D eigenvalue weighted by atomic mass is 16.7. The molecule has 272 valence electrons. The van der Waals surface area contributed by atoms with Crippen LogP contribution in [0.1, 0.15) is 45.2 Å². The maximum absolute atomic E-state index is 13.2. The van der Waals surface area contributed by atoms with Gasteiger partial charge >= 0.3 is 0 Å². The molecular weight excluding hydrogens is 656 g/mol. The van der Waals surface area contributed by atoms with Crippen LogP contribution in [0.15, 0.2) is 140 Å². The number of hydrogen-bond donors (Lipinski definition) is 1. The van der Waals surface area contributed by atoms with E-state index in [1.807, 2.05) is 146 Å². The molecule has 8 nitrogen and oxygen atoms in total. The average molecular weight is 705 g/mol. The first-order valence-corrected chi connectivity index (χ1v) is 17.6. The van der Waals surface area contributed by atoms with Crippen LogP contribution in [0.4, 0.5) is 0 Å². The first-order chi connectivity index (χ1) is 25.5. The van der Waals surface area contributed by atoms with Gasteiger partial charge in [0.2, 0.25) is 5.79 Å². The number of rotatable bonds is 17. The van der Waals surface area contributed by atoms with E-state index in [2.05, 4.69) is 0 Å². The fraction of sp³-hybridized carbons (Fsp3) is 0.318. The van der Waals surface area contributed by atoms with Crippen molar-refractivity contribution >= 4 is 0 Å². The molecule has 1 aliphatic heterocycles. The predicted molar refractivity (Wildman–Crippen MR) is 198 cm³/mol. The zero-order valence-electron chi connectivity index (χ0n) is 30.0. The molecule has 1 fully saturated rings. The van der Waals surface area contributed by atoms with Crippen LogP contribution < -0.4 is 0 Å². The van der Waals surface area contributed by atoms with Gasteiger partial charge in [0, 0.05) is 25.3 Å². The van der Waals surface area contributed by atoms with Gasteiger partial charge in [-0.1, -0.05) is 133 Å². The molecule has 0 saturated carbocycles. The van der Waals surface area contributed by atoms with Gasteiger partial charge in [0.25, 0.3) is 0 Å². The molecule has 0 radical (unpaired) electrons. The molecule has 5 unspecified atom stereocenters. The lowest BCUT2D eigenvalue weighted by molar-refractivity contribution is -0.378. The van der Waals surface area contributed by atoms with Gasteiger partial charge in [-0.15, -0.1) is 0 Å². The summed E-state index contributed by atoms with van der Waals surface area (Å²) in [5.41, 5.74) is 5.93. The normalized spacial score (nSPS) is 21.7. The molecule has 52 heavy (non-hydrogen) atoms. The van der Waals surface area contributed by atoms with Crippen molar-refractivity contribution in [3.63, 3.8) is 0 Å². The first kappa shape index (κ1) is 37.5. The fourth-order valence-electron chi connectivity index (χ4n) is 6.61. The van der Waals surface area contributed by atoms with Crippen molar-refractivity contribution in [2.45, 2.75) is 69.8 Å². The van der Waals surface area contributed by atoms with E-state index in [1.165, 1.54) is 0 Å². The Labute approximate surface area is 306 Å². The van der Waals surface area contributed by atoms with Crippen LogP contribution >= 0.6 is 0 Å². The highest BCUT2D eigenvalue weighted by molar-refractivity contribution is 5.37. The van der Waals surface area contributed by atoms with Gasteiger partial charge in [-0.05, 0) is 40.8 Å². The Morgan fingerprint density at radius 3 is 1.56 bits per heavy atom. The van der Waals surface area contributed by atoms with Gasteiger partial charge in [-0.3, -0.25) is 0 Å². The third kappa shape index (κ3) is 9.41. The number of hydrogen-bond acceptors (Lipinski definition) is 8. The van der Waals surface area contributed by atoms with Crippen LogP contribution in [0.25, 0.3) is 0 Å². The van der Waals surface area contributed by atoms with Crippen molar-refractivity contribution in [3.05, 3.63) is 178 Å². The molecule has 5 aromatic rings. The molecule has 5 aromatic carbocycles. The van der Waals surface area contributed by atoms with Gasteiger partial charge < -0.3 is 38.3 Å². The van der Waals surface area contributed by atoms with Crippen molar-refractivity contribution < 1.29 is 38.3 Å². The van der Waals surface area contributed by atoms with Crippen LogP contribution in [-0.2, 0) is 65.4 Å². The Kier molecular flexibility index (Phi) is 13.4. The SMILES string of the molecule is COC(OC)c1ccc(C)c(C2(O)OC(COCc3ccccc3)C(OCc3ccccc3)C(OCc3ccccc3)C2OCc2ccccc2)c1. The third-order valence-electron chi connectivity index (χ3n) is 9.29. The number of aliphatic hydroxyl groups is 1. The first-order valence-electron chi connectivity index (χ1n) is 17.6. The summed E-state index contributed by atoms with van der Waals surface area (Å²) in [4.78, 5) is 0. The summed E-state index contributed by atoms with van der Waals surface area (Å²) >= 11 is 0. The van der Waals surface area contributed by atoms with E-state index in [-0.39, 0.29) is 26.4 Å². The molecule has 0 spiro atoms. The van der Waals surface area contributed by atoms with E-state index in [0.717, 1.165) is 27.8 Å². The van der Waals surface area contributed by atoms with Crippen molar-refractivity contribution in [1.82, 2.24) is 0 Å². The minimum Gasteiger partial charge on any atom is -0.374 e. The second kappa shape index (κ2) is 18.5. The van der Waals surface area contributed by atoms with Gasteiger partial charge in [0.15, 0.2) is 6.29 Å². The summed E-state index contributed by atoms with van der Waals surface area (Å²) in [5, 5.41) is 13.2. The third-order valence-corrected chi connectivity index (χ3v) is 9.29. The molecule has 1 heterocycles. The Hall–Kier alpha value is -4.22. The smallest absolute Gasteiger partial charge is 0.223 e. The molecule has 0 aliphatic carbocycles. The summed E-state index contributed by atoms with van der Waals surface area (Å²) in [5.74, 6) is -2.00. The highest BCUT2D eigenvalue weighted by Gasteiger charge is 2.57. The topological polar surface area (TPSA) is 84.8 Å². The lowest BCUT2D eigenvalue weighted by atomic mass is 9.85. The standard InChI is InChI=1S/C44H48O8/c1-32-24-25-37(43(46-2)47-3)26-38(32)44(45)42(51-30-36-22-14-7-15-23-36)41(50-29-35-20-12-6-13-21-35)40(49-28-34-18-10-5-11-19-34)39(52-44)31-48-27-33-16-8-4-9-17-33/h4-26,39-43,45H,27-31H2,1-3H3. The number of methoxy groups -OCH3 is 2. The van der Waals surface area contributed by atoms with Crippen molar-refractivity contribution in [3.8, 4) is 0 Å². The molecule has 1 N–H and O–H groups in total. The van der Waals surface area contributed by atoms with Gasteiger partial charge in [-0.2, -0.15) is 0 Å². The van der Waals surface area contributed by atoms with Gasteiger partial charge in [0.1, 0.15) is 24.4 Å². The lowest BCUT2D eigenvalue weighted by Crippen LogP contribution is -2.65. The molecular formula is C44H48O8. The summed E-state index contributed by atoms with van der Waals surface area (Å²) in [6.07, 6.45) is -3.97. The molecule has 1 aliphatic rings. The zero-order chi connectivity index (χ0) is 36.2. The van der Waals surface area contributed by atoms with E-state index in [9.17, 15) is 5.11 Å². The molecule has 0 aromatic heterocycles. The van der Waals surface area contributed by atoms with Crippen LogP contribution in [0, 0.1) is 6.92 Å². The zero-order valence-corrected chi connectivity index (χ0v) is 30.0. The maximum Gasteiger partial charge on any atom is 0.223 e. The largest absolute Gasteiger partial charge is 0.374 e. The van der Waals surface area contributed by atoms with E-state index in [0.29, 0.717) is 17.7 Å².